The number of hydrogen-bond donors (Lipinski definition) is 2. The summed E-state index contributed by atoms with van der Waals surface area (Å²) < 4.78 is 13.5. The van der Waals surface area contributed by atoms with Crippen molar-refractivity contribution < 1.29 is 4.39 Å². The number of anilines is 1. The second kappa shape index (κ2) is 5.29. The molecule has 3 N–H and O–H groups in total. The fourth-order valence-electron chi connectivity index (χ4n) is 1.60. The van der Waals surface area contributed by atoms with E-state index in [0.717, 1.165) is 6.54 Å². The highest BCUT2D eigenvalue weighted by Gasteiger charge is 2.03. The molecule has 0 amide bonds. The van der Waals surface area contributed by atoms with Crippen LogP contribution >= 0.6 is 11.3 Å². The minimum Gasteiger partial charge on any atom is -0.399 e. The van der Waals surface area contributed by atoms with Gasteiger partial charge in [0.05, 0.1) is 0 Å². The van der Waals surface area contributed by atoms with Gasteiger partial charge in [0, 0.05) is 29.2 Å². The second-order valence-electron chi connectivity index (χ2n) is 3.98. The molecule has 2 aromatic rings. The molecule has 0 aliphatic heterocycles. The van der Waals surface area contributed by atoms with Gasteiger partial charge in [0.15, 0.2) is 0 Å². The summed E-state index contributed by atoms with van der Waals surface area (Å²) in [5, 5.41) is 5.30. The Morgan fingerprint density at radius 3 is 2.76 bits per heavy atom. The lowest BCUT2D eigenvalue weighted by Gasteiger charge is -2.06. The van der Waals surface area contributed by atoms with Gasteiger partial charge >= 0.3 is 0 Å². The molecule has 0 saturated carbocycles. The molecule has 0 saturated heterocycles. The summed E-state index contributed by atoms with van der Waals surface area (Å²) in [4.78, 5) is 1.29. The molecule has 0 aliphatic rings. The van der Waals surface area contributed by atoms with Crippen LogP contribution in [0.4, 0.5) is 10.1 Å². The minimum absolute atomic E-state index is 0.250. The lowest BCUT2D eigenvalue weighted by atomic mass is 10.2. The predicted molar refractivity (Wildman–Crippen MR) is 70.4 cm³/mol. The smallest absolute Gasteiger partial charge is 0.129 e. The molecule has 1 aromatic heterocycles. The largest absolute Gasteiger partial charge is 0.399 e. The van der Waals surface area contributed by atoms with E-state index < -0.39 is 0 Å². The third kappa shape index (κ3) is 3.05. The normalized spacial score (nSPS) is 10.7. The van der Waals surface area contributed by atoms with E-state index in [1.807, 2.05) is 0 Å². The standard InChI is InChI=1S/C13H15FN2S/c1-9-4-5-17-13(9)8-16-7-10-2-3-11(15)6-12(10)14/h2-6,16H,7-8,15H2,1H3. The number of nitrogens with two attached hydrogens (primary N) is 1. The maximum Gasteiger partial charge on any atom is 0.129 e. The van der Waals surface area contributed by atoms with E-state index in [0.29, 0.717) is 17.8 Å². The van der Waals surface area contributed by atoms with Gasteiger partial charge in [-0.3, -0.25) is 0 Å². The first kappa shape index (κ1) is 12.1. The molecule has 90 valence electrons. The minimum atomic E-state index is -0.250. The summed E-state index contributed by atoms with van der Waals surface area (Å²) in [5.41, 5.74) is 7.88. The van der Waals surface area contributed by atoms with Crippen molar-refractivity contribution in [1.82, 2.24) is 5.32 Å². The molecule has 0 bridgehead atoms. The first-order valence-electron chi connectivity index (χ1n) is 5.44. The molecule has 1 aromatic carbocycles. The predicted octanol–water partition coefficient (Wildman–Crippen LogP) is 3.07. The monoisotopic (exact) mass is 250 g/mol. The molecule has 0 spiro atoms. The Balaban J connectivity index is 1.92. The molecular formula is C13H15FN2S. The first-order chi connectivity index (χ1) is 8.16. The van der Waals surface area contributed by atoms with Crippen LogP contribution in [-0.4, -0.2) is 0 Å². The zero-order valence-electron chi connectivity index (χ0n) is 9.66. The van der Waals surface area contributed by atoms with Crippen LogP contribution in [0, 0.1) is 12.7 Å². The van der Waals surface area contributed by atoms with Gasteiger partial charge < -0.3 is 11.1 Å². The van der Waals surface area contributed by atoms with Crippen molar-refractivity contribution in [1.29, 1.82) is 0 Å². The Bertz CT molecular complexity index is 508. The molecule has 4 heteroatoms. The third-order valence-corrected chi connectivity index (χ3v) is 3.67. The van der Waals surface area contributed by atoms with Gasteiger partial charge in [-0.05, 0) is 36.1 Å². The molecule has 0 radical (unpaired) electrons. The van der Waals surface area contributed by atoms with Gasteiger partial charge in [-0.2, -0.15) is 0 Å². The SMILES string of the molecule is Cc1ccsc1CNCc1ccc(N)cc1F. The molecule has 0 aliphatic carbocycles. The van der Waals surface area contributed by atoms with Crippen LogP contribution in [0.15, 0.2) is 29.6 Å². The quantitative estimate of drug-likeness (QED) is 0.818. The highest BCUT2D eigenvalue weighted by atomic mass is 32.1. The Morgan fingerprint density at radius 1 is 1.29 bits per heavy atom. The Labute approximate surface area is 104 Å². The van der Waals surface area contributed by atoms with Crippen LogP contribution in [0.25, 0.3) is 0 Å². The first-order valence-corrected chi connectivity index (χ1v) is 6.32. The number of aryl methyl sites for hydroxylation is 1. The highest BCUT2D eigenvalue weighted by Crippen LogP contribution is 2.16. The average molecular weight is 250 g/mol. The van der Waals surface area contributed by atoms with Gasteiger partial charge in [-0.25, -0.2) is 4.39 Å². The Kier molecular flexibility index (Phi) is 3.76. The Morgan fingerprint density at radius 2 is 2.12 bits per heavy atom. The number of rotatable bonds is 4. The number of nitrogens with one attached hydrogen (secondary N) is 1. The van der Waals surface area contributed by atoms with Crippen LogP contribution in [0.2, 0.25) is 0 Å². The summed E-state index contributed by atoms with van der Waals surface area (Å²) in [6, 6.07) is 6.88. The summed E-state index contributed by atoms with van der Waals surface area (Å²) in [6.07, 6.45) is 0. The molecule has 2 rings (SSSR count). The van der Waals surface area contributed by atoms with Crippen molar-refractivity contribution in [3.63, 3.8) is 0 Å². The third-order valence-electron chi connectivity index (χ3n) is 2.65. The topological polar surface area (TPSA) is 38.0 Å². The fourth-order valence-corrected chi connectivity index (χ4v) is 2.48. The van der Waals surface area contributed by atoms with Crippen molar-refractivity contribution in [2.75, 3.05) is 5.73 Å². The van der Waals surface area contributed by atoms with E-state index in [2.05, 4.69) is 23.7 Å². The summed E-state index contributed by atoms with van der Waals surface area (Å²) >= 11 is 1.72. The summed E-state index contributed by atoms with van der Waals surface area (Å²) in [7, 11) is 0. The van der Waals surface area contributed by atoms with Gasteiger partial charge in [-0.15, -0.1) is 11.3 Å². The zero-order valence-corrected chi connectivity index (χ0v) is 10.5. The van der Waals surface area contributed by atoms with Gasteiger partial charge in [0.25, 0.3) is 0 Å². The lowest BCUT2D eigenvalue weighted by Crippen LogP contribution is -2.13. The van der Waals surface area contributed by atoms with Gasteiger partial charge in [0.2, 0.25) is 0 Å². The van der Waals surface area contributed by atoms with Crippen LogP contribution in [0.1, 0.15) is 16.0 Å². The van der Waals surface area contributed by atoms with Gasteiger partial charge in [0.1, 0.15) is 5.82 Å². The molecule has 0 atom stereocenters. The van der Waals surface area contributed by atoms with Crippen molar-refractivity contribution in [3.05, 3.63) is 51.5 Å². The van der Waals surface area contributed by atoms with Crippen molar-refractivity contribution in [3.8, 4) is 0 Å². The van der Waals surface area contributed by atoms with E-state index in [-0.39, 0.29) is 5.82 Å². The zero-order chi connectivity index (χ0) is 12.3. The fraction of sp³-hybridized carbons (Fsp3) is 0.231. The van der Waals surface area contributed by atoms with Crippen molar-refractivity contribution in [2.24, 2.45) is 0 Å². The van der Waals surface area contributed by atoms with E-state index in [4.69, 9.17) is 5.73 Å². The van der Waals surface area contributed by atoms with E-state index in [1.54, 1.807) is 23.5 Å². The van der Waals surface area contributed by atoms with Crippen LogP contribution in [0.5, 0.6) is 0 Å². The van der Waals surface area contributed by atoms with Crippen molar-refractivity contribution in [2.45, 2.75) is 20.0 Å². The summed E-state index contributed by atoms with van der Waals surface area (Å²) in [5.74, 6) is -0.250. The summed E-state index contributed by atoms with van der Waals surface area (Å²) in [6.45, 7) is 3.37. The molecular weight excluding hydrogens is 235 g/mol. The second-order valence-corrected chi connectivity index (χ2v) is 4.98. The average Bonchev–Trinajstić information content (AvgIpc) is 2.68. The molecule has 0 fully saturated rings. The van der Waals surface area contributed by atoms with Crippen LogP contribution in [-0.2, 0) is 13.1 Å². The van der Waals surface area contributed by atoms with E-state index >= 15 is 0 Å². The van der Waals surface area contributed by atoms with Crippen LogP contribution < -0.4 is 11.1 Å². The maximum atomic E-state index is 13.5. The van der Waals surface area contributed by atoms with E-state index in [1.165, 1.54) is 16.5 Å². The number of halogens is 1. The number of thiophene rings is 1. The van der Waals surface area contributed by atoms with E-state index in [9.17, 15) is 4.39 Å². The Hall–Kier alpha value is -1.39. The lowest BCUT2D eigenvalue weighted by molar-refractivity contribution is 0.589. The maximum absolute atomic E-state index is 13.5. The molecule has 17 heavy (non-hydrogen) atoms. The molecule has 1 heterocycles. The van der Waals surface area contributed by atoms with Crippen LogP contribution in [0.3, 0.4) is 0 Å². The molecule has 2 nitrogen and oxygen atoms in total. The number of benzene rings is 1. The van der Waals surface area contributed by atoms with Gasteiger partial charge in [-0.1, -0.05) is 6.07 Å². The molecule has 0 unspecified atom stereocenters. The number of nitrogen functional groups attached to an aromatic ring is 1. The number of hydrogen-bond acceptors (Lipinski definition) is 3. The van der Waals surface area contributed by atoms with Crippen molar-refractivity contribution >= 4 is 17.0 Å². The highest BCUT2D eigenvalue weighted by molar-refractivity contribution is 7.10.